The molecule has 1 amide bonds. The van der Waals surface area contributed by atoms with E-state index in [-0.39, 0.29) is 11.9 Å². The average Bonchev–Trinajstić information content (AvgIpc) is 3.04. The van der Waals surface area contributed by atoms with E-state index < -0.39 is 0 Å². The molecule has 1 saturated carbocycles. The molecule has 92 valence electrons. The largest absolute Gasteiger partial charge is 0.353 e. The quantitative estimate of drug-likeness (QED) is 0.724. The second-order valence-electron chi connectivity index (χ2n) is 5.35. The molecule has 1 heterocycles. The van der Waals surface area contributed by atoms with Crippen molar-refractivity contribution in [1.29, 1.82) is 0 Å². The standard InChI is InChI=1S/C12H23N3O/c1-15-6-4-10(5-7-15)14-12(16)8-11(13)9-2-3-9/h9-11H,2-8,13H2,1H3,(H,14,16). The van der Waals surface area contributed by atoms with Gasteiger partial charge in [-0.25, -0.2) is 0 Å². The first-order chi connectivity index (χ1) is 7.65. The first-order valence-corrected chi connectivity index (χ1v) is 6.38. The molecule has 3 N–H and O–H groups in total. The molecule has 0 bridgehead atoms. The summed E-state index contributed by atoms with van der Waals surface area (Å²) in [5.41, 5.74) is 5.94. The molecule has 1 saturated heterocycles. The second-order valence-corrected chi connectivity index (χ2v) is 5.35. The van der Waals surface area contributed by atoms with Crippen LogP contribution in [-0.2, 0) is 4.79 Å². The van der Waals surface area contributed by atoms with E-state index in [0.717, 1.165) is 25.9 Å². The zero-order valence-corrected chi connectivity index (χ0v) is 10.1. The lowest BCUT2D eigenvalue weighted by Gasteiger charge is -2.29. The molecule has 0 aromatic heterocycles. The highest BCUT2D eigenvalue weighted by molar-refractivity contribution is 5.77. The Labute approximate surface area is 97.6 Å². The summed E-state index contributed by atoms with van der Waals surface area (Å²) in [7, 11) is 2.13. The lowest BCUT2D eigenvalue weighted by molar-refractivity contribution is -0.122. The Kier molecular flexibility index (Phi) is 3.82. The van der Waals surface area contributed by atoms with Crippen molar-refractivity contribution in [3.63, 3.8) is 0 Å². The molecule has 0 radical (unpaired) electrons. The number of nitrogens with one attached hydrogen (secondary N) is 1. The summed E-state index contributed by atoms with van der Waals surface area (Å²) < 4.78 is 0. The number of hydrogen-bond donors (Lipinski definition) is 2. The summed E-state index contributed by atoms with van der Waals surface area (Å²) in [6.45, 7) is 2.17. The van der Waals surface area contributed by atoms with Crippen molar-refractivity contribution in [2.75, 3.05) is 20.1 Å². The van der Waals surface area contributed by atoms with Gasteiger partial charge in [-0.15, -0.1) is 0 Å². The zero-order chi connectivity index (χ0) is 11.5. The van der Waals surface area contributed by atoms with Gasteiger partial charge in [0, 0.05) is 18.5 Å². The first-order valence-electron chi connectivity index (χ1n) is 6.38. The van der Waals surface area contributed by atoms with Crippen LogP contribution in [0.2, 0.25) is 0 Å². The van der Waals surface area contributed by atoms with Crippen LogP contribution in [0.1, 0.15) is 32.1 Å². The highest BCUT2D eigenvalue weighted by Gasteiger charge is 2.30. The van der Waals surface area contributed by atoms with Crippen LogP contribution in [0.3, 0.4) is 0 Å². The molecule has 2 rings (SSSR count). The van der Waals surface area contributed by atoms with Crippen LogP contribution in [0, 0.1) is 5.92 Å². The van der Waals surface area contributed by atoms with E-state index in [9.17, 15) is 4.79 Å². The van der Waals surface area contributed by atoms with Gasteiger partial charge in [0.15, 0.2) is 0 Å². The molecule has 2 aliphatic rings. The molecule has 0 spiro atoms. The predicted octanol–water partition coefficient (Wildman–Crippen LogP) is 0.324. The van der Waals surface area contributed by atoms with Crippen molar-refractivity contribution in [2.45, 2.75) is 44.2 Å². The number of piperidine rings is 1. The molecule has 1 unspecified atom stereocenters. The first kappa shape index (κ1) is 11.9. The van der Waals surface area contributed by atoms with E-state index in [1.54, 1.807) is 0 Å². The summed E-state index contributed by atoms with van der Waals surface area (Å²) in [6, 6.07) is 0.460. The van der Waals surface area contributed by atoms with Gasteiger partial charge in [-0.3, -0.25) is 4.79 Å². The number of carbonyl (C=O) groups excluding carboxylic acids is 1. The molecule has 1 atom stereocenters. The smallest absolute Gasteiger partial charge is 0.221 e. The second kappa shape index (κ2) is 5.15. The van der Waals surface area contributed by atoms with Crippen molar-refractivity contribution in [3.05, 3.63) is 0 Å². The van der Waals surface area contributed by atoms with Crippen molar-refractivity contribution in [3.8, 4) is 0 Å². The van der Waals surface area contributed by atoms with Gasteiger partial charge in [-0.05, 0) is 51.7 Å². The minimum atomic E-state index is 0.0891. The number of nitrogens with two attached hydrogens (primary N) is 1. The van der Waals surface area contributed by atoms with Crippen molar-refractivity contribution in [2.24, 2.45) is 11.7 Å². The van der Waals surface area contributed by atoms with Crippen molar-refractivity contribution >= 4 is 5.91 Å². The highest BCUT2D eigenvalue weighted by Crippen LogP contribution is 2.32. The van der Waals surface area contributed by atoms with Gasteiger partial charge in [0.25, 0.3) is 0 Å². The third kappa shape index (κ3) is 3.46. The van der Waals surface area contributed by atoms with Crippen LogP contribution < -0.4 is 11.1 Å². The monoisotopic (exact) mass is 225 g/mol. The lowest BCUT2D eigenvalue weighted by Crippen LogP contribution is -2.44. The van der Waals surface area contributed by atoms with E-state index in [1.165, 1.54) is 12.8 Å². The Morgan fingerprint density at radius 1 is 1.38 bits per heavy atom. The van der Waals surface area contributed by atoms with Crippen LogP contribution in [0.15, 0.2) is 0 Å². The fourth-order valence-electron chi connectivity index (χ4n) is 2.34. The van der Waals surface area contributed by atoms with Gasteiger partial charge >= 0.3 is 0 Å². The van der Waals surface area contributed by atoms with Crippen molar-refractivity contribution in [1.82, 2.24) is 10.2 Å². The van der Waals surface area contributed by atoms with Crippen LogP contribution in [-0.4, -0.2) is 43.0 Å². The molecule has 0 aromatic carbocycles. The molecular weight excluding hydrogens is 202 g/mol. The Bertz CT molecular complexity index is 245. The lowest BCUT2D eigenvalue weighted by atomic mass is 10.0. The highest BCUT2D eigenvalue weighted by atomic mass is 16.1. The van der Waals surface area contributed by atoms with Gasteiger partial charge < -0.3 is 16.0 Å². The fourth-order valence-corrected chi connectivity index (χ4v) is 2.34. The van der Waals surface area contributed by atoms with Crippen molar-refractivity contribution < 1.29 is 4.79 Å². The van der Waals surface area contributed by atoms with E-state index in [1.807, 2.05) is 0 Å². The fraction of sp³-hybridized carbons (Fsp3) is 0.917. The van der Waals surface area contributed by atoms with Gasteiger partial charge in [0.1, 0.15) is 0 Å². The molecule has 1 aliphatic heterocycles. The minimum Gasteiger partial charge on any atom is -0.353 e. The Morgan fingerprint density at radius 2 is 2.00 bits per heavy atom. The maximum absolute atomic E-state index is 11.7. The van der Waals surface area contributed by atoms with E-state index in [2.05, 4.69) is 17.3 Å². The van der Waals surface area contributed by atoms with Crippen LogP contribution in [0.4, 0.5) is 0 Å². The van der Waals surface area contributed by atoms with Crippen LogP contribution in [0.5, 0.6) is 0 Å². The van der Waals surface area contributed by atoms with E-state index >= 15 is 0 Å². The molecule has 2 fully saturated rings. The topological polar surface area (TPSA) is 58.4 Å². The number of likely N-dealkylation sites (tertiary alicyclic amines) is 1. The van der Waals surface area contributed by atoms with Crippen LogP contribution >= 0.6 is 0 Å². The van der Waals surface area contributed by atoms with Gasteiger partial charge in [-0.2, -0.15) is 0 Å². The zero-order valence-electron chi connectivity index (χ0n) is 10.1. The third-order valence-corrected chi connectivity index (χ3v) is 3.73. The number of carbonyl (C=O) groups is 1. The van der Waals surface area contributed by atoms with Gasteiger partial charge in [-0.1, -0.05) is 0 Å². The summed E-state index contributed by atoms with van der Waals surface area (Å²) in [5, 5.41) is 3.11. The Morgan fingerprint density at radius 3 is 2.56 bits per heavy atom. The van der Waals surface area contributed by atoms with E-state index in [0.29, 0.717) is 18.4 Å². The number of amides is 1. The molecule has 0 aromatic rings. The SMILES string of the molecule is CN1CCC(NC(=O)CC(N)C2CC2)CC1. The molecule has 4 nitrogen and oxygen atoms in total. The number of nitrogens with zero attached hydrogens (tertiary/aromatic N) is 1. The Balaban J connectivity index is 1.66. The summed E-state index contributed by atoms with van der Waals surface area (Å²) in [6.07, 6.45) is 5.07. The normalized spacial score (nSPS) is 25.4. The number of rotatable bonds is 4. The molecular formula is C12H23N3O. The Hall–Kier alpha value is -0.610. The van der Waals surface area contributed by atoms with Gasteiger partial charge in [0.2, 0.25) is 5.91 Å². The summed E-state index contributed by atoms with van der Waals surface area (Å²) in [5.74, 6) is 0.761. The van der Waals surface area contributed by atoms with E-state index in [4.69, 9.17) is 5.73 Å². The van der Waals surface area contributed by atoms with Gasteiger partial charge in [0.05, 0.1) is 0 Å². The predicted molar refractivity (Wildman–Crippen MR) is 64.0 cm³/mol. The maximum Gasteiger partial charge on any atom is 0.221 e. The summed E-state index contributed by atoms with van der Waals surface area (Å²) in [4.78, 5) is 14.0. The third-order valence-electron chi connectivity index (χ3n) is 3.73. The molecule has 4 heteroatoms. The summed E-state index contributed by atoms with van der Waals surface area (Å²) >= 11 is 0. The minimum absolute atomic E-state index is 0.0891. The number of hydrogen-bond acceptors (Lipinski definition) is 3. The maximum atomic E-state index is 11.7. The molecule has 16 heavy (non-hydrogen) atoms. The van der Waals surface area contributed by atoms with Crippen LogP contribution in [0.25, 0.3) is 0 Å². The average molecular weight is 225 g/mol. The molecule has 1 aliphatic carbocycles.